The van der Waals surface area contributed by atoms with Crippen molar-refractivity contribution in [1.82, 2.24) is 10.4 Å². The van der Waals surface area contributed by atoms with Crippen LogP contribution in [-0.2, 0) is 0 Å². The summed E-state index contributed by atoms with van der Waals surface area (Å²) in [5, 5.41) is 18.5. The van der Waals surface area contributed by atoms with Gasteiger partial charge in [-0.25, -0.2) is 0 Å². The van der Waals surface area contributed by atoms with Crippen LogP contribution in [0.3, 0.4) is 0 Å². The van der Waals surface area contributed by atoms with Gasteiger partial charge in [0.15, 0.2) is 5.11 Å². The lowest BCUT2D eigenvalue weighted by Gasteiger charge is -2.07. The summed E-state index contributed by atoms with van der Waals surface area (Å²) in [6, 6.07) is 23.1. The highest BCUT2D eigenvalue weighted by Crippen LogP contribution is 2.30. The largest absolute Gasteiger partial charge is 0.508 e. The Kier molecular flexibility index (Phi) is 5.27. The lowest BCUT2D eigenvalue weighted by molar-refractivity contribution is 0.475. The van der Waals surface area contributed by atoms with Crippen LogP contribution in [0, 0.1) is 6.92 Å². The number of rotatable bonds is 4. The second kappa shape index (κ2) is 8.16. The summed E-state index contributed by atoms with van der Waals surface area (Å²) >= 11 is 5.33. The molecule has 1 heterocycles. The van der Waals surface area contributed by atoms with E-state index >= 15 is 0 Å². The Morgan fingerprint density at radius 3 is 2.48 bits per heavy atom. The van der Waals surface area contributed by atoms with Crippen LogP contribution >= 0.6 is 12.2 Å². The van der Waals surface area contributed by atoms with Gasteiger partial charge in [0.25, 0.3) is 0 Å². The number of fused-ring (bicyclic) bond motifs is 1. The van der Waals surface area contributed by atoms with E-state index in [2.05, 4.69) is 20.8 Å². The molecule has 5 nitrogen and oxygen atoms in total. The smallest absolute Gasteiger partial charge is 0.191 e. The molecule has 4 N–H and O–H groups in total. The molecule has 6 heteroatoms. The molecular weight excluding hydrogens is 380 g/mol. The molecule has 0 aliphatic carbocycles. The number of H-pyrrole nitrogens is 1. The van der Waals surface area contributed by atoms with Crippen LogP contribution in [0.25, 0.3) is 22.2 Å². The summed E-state index contributed by atoms with van der Waals surface area (Å²) in [5.74, 6) is 0.231. The van der Waals surface area contributed by atoms with Crippen molar-refractivity contribution in [3.05, 3.63) is 83.9 Å². The van der Waals surface area contributed by atoms with Crippen molar-refractivity contribution in [3.8, 4) is 17.0 Å². The molecule has 0 radical (unpaired) electrons. The molecule has 0 spiro atoms. The van der Waals surface area contributed by atoms with Gasteiger partial charge < -0.3 is 15.4 Å². The first kappa shape index (κ1) is 18.7. The lowest BCUT2D eigenvalue weighted by Crippen LogP contribution is -2.23. The third-order valence-corrected chi connectivity index (χ3v) is 4.76. The molecule has 4 aromatic rings. The molecule has 0 saturated heterocycles. The van der Waals surface area contributed by atoms with Crippen LogP contribution in [0.5, 0.6) is 5.75 Å². The summed E-state index contributed by atoms with van der Waals surface area (Å²) in [6.07, 6.45) is 1.75. The molecule has 0 unspecified atom stereocenters. The van der Waals surface area contributed by atoms with Crippen molar-refractivity contribution in [2.45, 2.75) is 6.92 Å². The number of anilines is 1. The van der Waals surface area contributed by atoms with E-state index in [0.717, 1.165) is 33.4 Å². The summed E-state index contributed by atoms with van der Waals surface area (Å²) in [6.45, 7) is 2.04. The molecule has 0 amide bonds. The first-order valence-corrected chi connectivity index (χ1v) is 9.58. The fraction of sp³-hybridized carbons (Fsp3) is 0.0435. The van der Waals surface area contributed by atoms with Gasteiger partial charge in [0, 0.05) is 22.2 Å². The highest BCUT2D eigenvalue weighted by Gasteiger charge is 2.11. The predicted octanol–water partition coefficient (Wildman–Crippen LogP) is 5.17. The molecule has 0 aliphatic rings. The minimum atomic E-state index is 0.231. The number of hydrogen-bond acceptors (Lipinski definition) is 3. The molecular formula is C23H20N4OS. The second-order valence-electron chi connectivity index (χ2n) is 6.70. The number of aromatic amines is 1. The average molecular weight is 401 g/mol. The third kappa shape index (κ3) is 4.28. The van der Waals surface area contributed by atoms with Gasteiger partial charge in [-0.2, -0.15) is 5.10 Å². The van der Waals surface area contributed by atoms with Gasteiger partial charge in [-0.15, -0.1) is 0 Å². The Morgan fingerprint density at radius 2 is 1.72 bits per heavy atom. The lowest BCUT2D eigenvalue weighted by atomic mass is 10.1. The minimum absolute atomic E-state index is 0.231. The van der Waals surface area contributed by atoms with Crippen LogP contribution in [0.2, 0.25) is 0 Å². The second-order valence-corrected chi connectivity index (χ2v) is 7.10. The van der Waals surface area contributed by atoms with Crippen LogP contribution in [0.1, 0.15) is 11.1 Å². The van der Waals surface area contributed by atoms with Crippen LogP contribution < -0.4 is 10.7 Å². The SMILES string of the molecule is Cc1ccc(NC(=S)N/N=C/c2c(-c3ccc(O)cc3)[nH]c3ccccc23)cc1. The number of nitrogens with one attached hydrogen (secondary N) is 3. The minimum Gasteiger partial charge on any atom is -0.508 e. The number of hydrazone groups is 1. The number of aryl methyl sites for hydroxylation is 1. The number of thiocarbonyl (C=S) groups is 1. The molecule has 0 saturated carbocycles. The van der Waals surface area contributed by atoms with E-state index in [-0.39, 0.29) is 5.75 Å². The van der Waals surface area contributed by atoms with E-state index in [1.807, 2.05) is 67.6 Å². The molecule has 4 rings (SSSR count). The van der Waals surface area contributed by atoms with Gasteiger partial charge in [-0.1, -0.05) is 35.9 Å². The normalized spacial score (nSPS) is 11.1. The van der Waals surface area contributed by atoms with Gasteiger partial charge in [0.2, 0.25) is 0 Å². The fourth-order valence-electron chi connectivity index (χ4n) is 3.10. The Balaban J connectivity index is 1.57. The zero-order chi connectivity index (χ0) is 20.2. The Labute approximate surface area is 174 Å². The first-order chi connectivity index (χ1) is 14.1. The van der Waals surface area contributed by atoms with Crippen LogP contribution in [0.4, 0.5) is 5.69 Å². The topological polar surface area (TPSA) is 72.4 Å². The molecule has 3 aromatic carbocycles. The maximum absolute atomic E-state index is 9.58. The van der Waals surface area contributed by atoms with Gasteiger partial charge >= 0.3 is 0 Å². The van der Waals surface area contributed by atoms with Crippen molar-refractivity contribution in [1.29, 1.82) is 0 Å². The van der Waals surface area contributed by atoms with E-state index in [9.17, 15) is 5.11 Å². The molecule has 1 aromatic heterocycles. The van der Waals surface area contributed by atoms with Crippen LogP contribution in [0.15, 0.2) is 77.9 Å². The van der Waals surface area contributed by atoms with Gasteiger partial charge in [0.05, 0.1) is 11.9 Å². The molecule has 0 aliphatic heterocycles. The Bertz CT molecular complexity index is 1180. The van der Waals surface area contributed by atoms with E-state index in [1.165, 1.54) is 5.56 Å². The summed E-state index contributed by atoms with van der Waals surface area (Å²) in [4.78, 5) is 3.43. The average Bonchev–Trinajstić information content (AvgIpc) is 3.09. The Morgan fingerprint density at radius 1 is 1.00 bits per heavy atom. The quantitative estimate of drug-likeness (QED) is 0.217. The molecule has 0 fully saturated rings. The van der Waals surface area contributed by atoms with Crippen molar-refractivity contribution < 1.29 is 5.11 Å². The standard InChI is InChI=1S/C23H20N4OS/c1-15-6-10-17(11-7-15)25-23(29)27-24-14-20-19-4-2-3-5-21(19)26-22(20)16-8-12-18(28)13-9-16/h2-14,26,28H,1H3,(H2,25,27,29)/b24-14+. The molecule has 144 valence electrons. The summed E-state index contributed by atoms with van der Waals surface area (Å²) in [5.41, 5.74) is 8.80. The molecule has 0 bridgehead atoms. The number of hydrogen-bond donors (Lipinski definition) is 4. The summed E-state index contributed by atoms with van der Waals surface area (Å²) < 4.78 is 0. The number of aromatic nitrogens is 1. The molecule has 29 heavy (non-hydrogen) atoms. The molecule has 0 atom stereocenters. The van der Waals surface area contributed by atoms with E-state index < -0.39 is 0 Å². The van der Waals surface area contributed by atoms with Crippen LogP contribution in [-0.4, -0.2) is 21.4 Å². The third-order valence-electron chi connectivity index (χ3n) is 4.57. The van der Waals surface area contributed by atoms with E-state index in [0.29, 0.717) is 5.11 Å². The maximum atomic E-state index is 9.58. The number of benzene rings is 3. The number of para-hydroxylation sites is 1. The predicted molar refractivity (Wildman–Crippen MR) is 124 cm³/mol. The fourth-order valence-corrected chi connectivity index (χ4v) is 3.28. The van der Waals surface area contributed by atoms with E-state index in [1.54, 1.807) is 18.3 Å². The highest BCUT2D eigenvalue weighted by atomic mass is 32.1. The Hall–Kier alpha value is -3.64. The monoisotopic (exact) mass is 400 g/mol. The number of phenolic OH excluding ortho intramolecular Hbond substituents is 1. The van der Waals surface area contributed by atoms with Crippen molar-refractivity contribution >= 4 is 40.1 Å². The van der Waals surface area contributed by atoms with Crippen molar-refractivity contribution in [2.75, 3.05) is 5.32 Å². The van der Waals surface area contributed by atoms with Gasteiger partial charge in [-0.3, -0.25) is 5.43 Å². The highest BCUT2D eigenvalue weighted by molar-refractivity contribution is 7.80. The number of phenols is 1. The van der Waals surface area contributed by atoms with Crippen molar-refractivity contribution in [2.24, 2.45) is 5.10 Å². The first-order valence-electron chi connectivity index (χ1n) is 9.17. The number of nitrogens with zero attached hydrogens (tertiary/aromatic N) is 1. The van der Waals surface area contributed by atoms with Gasteiger partial charge in [0.1, 0.15) is 5.75 Å². The zero-order valence-electron chi connectivity index (χ0n) is 15.8. The maximum Gasteiger partial charge on any atom is 0.191 e. The number of aromatic hydroxyl groups is 1. The van der Waals surface area contributed by atoms with E-state index in [4.69, 9.17) is 12.2 Å². The zero-order valence-corrected chi connectivity index (χ0v) is 16.6. The van der Waals surface area contributed by atoms with Crippen molar-refractivity contribution in [3.63, 3.8) is 0 Å². The summed E-state index contributed by atoms with van der Waals surface area (Å²) in [7, 11) is 0. The van der Waals surface area contributed by atoms with Gasteiger partial charge in [-0.05, 0) is 67.2 Å².